The molecule has 1 rings (SSSR count). The van der Waals surface area contributed by atoms with Gasteiger partial charge in [0, 0.05) is 24.8 Å². The minimum absolute atomic E-state index is 0.449. The van der Waals surface area contributed by atoms with Crippen LogP contribution in [0.2, 0.25) is 0 Å². The molecule has 2 N–H and O–H groups in total. The van der Waals surface area contributed by atoms with Crippen molar-refractivity contribution in [1.29, 1.82) is 0 Å². The van der Waals surface area contributed by atoms with E-state index in [1.54, 1.807) is 13.8 Å². The summed E-state index contributed by atoms with van der Waals surface area (Å²) >= 11 is 0. The van der Waals surface area contributed by atoms with Crippen LogP contribution in [0.3, 0.4) is 0 Å². The fourth-order valence-corrected chi connectivity index (χ4v) is 2.00. The summed E-state index contributed by atoms with van der Waals surface area (Å²) in [6.07, 6.45) is 0.239. The first-order valence-electron chi connectivity index (χ1n) is 6.05. The Balaban J connectivity index is 2.97. The van der Waals surface area contributed by atoms with Crippen LogP contribution in [0.5, 0.6) is 0 Å². The summed E-state index contributed by atoms with van der Waals surface area (Å²) in [4.78, 5) is 1.98. The average Bonchev–Trinajstić information content (AvgIpc) is 2.25. The van der Waals surface area contributed by atoms with E-state index in [2.05, 4.69) is 0 Å². The van der Waals surface area contributed by atoms with Crippen molar-refractivity contribution in [2.45, 2.75) is 38.9 Å². The Morgan fingerprint density at radius 2 is 1.88 bits per heavy atom. The largest absolute Gasteiger partial charge is 0.389 e. The second kappa shape index (κ2) is 5.52. The third kappa shape index (κ3) is 4.02. The molecule has 1 aromatic carbocycles. The van der Waals surface area contributed by atoms with E-state index in [4.69, 9.17) is 0 Å². The molecule has 0 fully saturated rings. The molecule has 96 valence electrons. The molecule has 0 spiro atoms. The first-order valence-corrected chi connectivity index (χ1v) is 6.05. The molecular formula is C14H23NO2. The average molecular weight is 237 g/mol. The Morgan fingerprint density at radius 3 is 2.41 bits per heavy atom. The van der Waals surface area contributed by atoms with Gasteiger partial charge in [0.05, 0.1) is 11.7 Å². The molecule has 0 unspecified atom stereocenters. The number of hydrogen-bond acceptors (Lipinski definition) is 3. The Hall–Kier alpha value is -1.06. The molecule has 0 saturated heterocycles. The van der Waals surface area contributed by atoms with Crippen LogP contribution < -0.4 is 4.90 Å². The molecule has 0 aliphatic rings. The number of nitrogens with zero attached hydrogens (tertiary/aromatic N) is 1. The lowest BCUT2D eigenvalue weighted by atomic mass is 10.0. The molecule has 0 aliphatic carbocycles. The molecule has 0 saturated carbocycles. The highest BCUT2D eigenvalue weighted by Crippen LogP contribution is 2.28. The molecule has 1 atom stereocenters. The molecule has 0 heterocycles. The maximum Gasteiger partial charge on any atom is 0.0807 e. The molecule has 0 amide bonds. The second-order valence-corrected chi connectivity index (χ2v) is 5.15. The van der Waals surface area contributed by atoms with Gasteiger partial charge in [-0.3, -0.25) is 0 Å². The normalized spacial score (nSPS) is 13.5. The van der Waals surface area contributed by atoms with Gasteiger partial charge >= 0.3 is 0 Å². The number of likely N-dealkylation sites (N-methyl/N-ethyl adjacent to an activating group) is 1. The monoisotopic (exact) mass is 237 g/mol. The van der Waals surface area contributed by atoms with Gasteiger partial charge in [0.25, 0.3) is 0 Å². The van der Waals surface area contributed by atoms with E-state index >= 15 is 0 Å². The molecule has 3 nitrogen and oxygen atoms in total. The minimum Gasteiger partial charge on any atom is -0.389 e. The van der Waals surface area contributed by atoms with Crippen LogP contribution in [0, 0.1) is 0 Å². The fourth-order valence-electron chi connectivity index (χ4n) is 2.00. The van der Waals surface area contributed by atoms with E-state index in [1.807, 2.05) is 43.1 Å². The number of aliphatic hydroxyl groups excluding tert-OH is 1. The van der Waals surface area contributed by atoms with Crippen molar-refractivity contribution in [2.24, 2.45) is 0 Å². The van der Waals surface area contributed by atoms with Gasteiger partial charge in [-0.2, -0.15) is 0 Å². The van der Waals surface area contributed by atoms with Crippen molar-refractivity contribution in [3.05, 3.63) is 29.8 Å². The van der Waals surface area contributed by atoms with Crippen molar-refractivity contribution in [3.63, 3.8) is 0 Å². The Bertz CT molecular complexity index is 357. The summed E-state index contributed by atoms with van der Waals surface area (Å²) in [6.45, 7) is 6.04. The summed E-state index contributed by atoms with van der Waals surface area (Å²) in [6, 6.07) is 7.78. The van der Waals surface area contributed by atoms with Crippen LogP contribution in [0.25, 0.3) is 0 Å². The predicted octanol–water partition coefficient (Wildman–Crippen LogP) is 2.34. The zero-order valence-corrected chi connectivity index (χ0v) is 11.1. The molecule has 0 radical (unpaired) electrons. The highest BCUT2D eigenvalue weighted by Gasteiger charge is 2.19. The first-order chi connectivity index (χ1) is 7.85. The zero-order valence-electron chi connectivity index (χ0n) is 11.1. The van der Waals surface area contributed by atoms with Gasteiger partial charge in [-0.05, 0) is 26.3 Å². The summed E-state index contributed by atoms with van der Waals surface area (Å²) in [7, 11) is 1.93. The topological polar surface area (TPSA) is 43.7 Å². The van der Waals surface area contributed by atoms with E-state index < -0.39 is 11.7 Å². The van der Waals surface area contributed by atoms with Gasteiger partial charge in [0.2, 0.25) is 0 Å². The standard InChI is InChI=1S/C14H23NO2/c1-5-13(16)11-8-6-7-9-12(11)15(4)10-14(2,3)17/h6-9,13,16-17H,5,10H2,1-4H3/t13-/m0/s1. The highest BCUT2D eigenvalue weighted by atomic mass is 16.3. The van der Waals surface area contributed by atoms with Gasteiger partial charge in [0.15, 0.2) is 0 Å². The van der Waals surface area contributed by atoms with E-state index in [-0.39, 0.29) is 0 Å². The van der Waals surface area contributed by atoms with Crippen LogP contribution in [-0.2, 0) is 0 Å². The Kier molecular flexibility index (Phi) is 4.54. The van der Waals surface area contributed by atoms with Gasteiger partial charge in [-0.1, -0.05) is 25.1 Å². The van der Waals surface area contributed by atoms with E-state index in [0.717, 1.165) is 11.3 Å². The SMILES string of the molecule is CC[C@H](O)c1ccccc1N(C)CC(C)(C)O. The van der Waals surface area contributed by atoms with Crippen LogP contribution >= 0.6 is 0 Å². The molecule has 1 aromatic rings. The van der Waals surface area contributed by atoms with Gasteiger partial charge < -0.3 is 15.1 Å². The van der Waals surface area contributed by atoms with Crippen molar-refractivity contribution < 1.29 is 10.2 Å². The Morgan fingerprint density at radius 1 is 1.29 bits per heavy atom. The number of anilines is 1. The van der Waals surface area contributed by atoms with E-state index in [9.17, 15) is 10.2 Å². The summed E-state index contributed by atoms with van der Waals surface area (Å²) in [5, 5.41) is 19.8. The van der Waals surface area contributed by atoms with Crippen LogP contribution in [-0.4, -0.2) is 29.4 Å². The number of aliphatic hydroxyl groups is 2. The number of benzene rings is 1. The second-order valence-electron chi connectivity index (χ2n) is 5.15. The smallest absolute Gasteiger partial charge is 0.0807 e. The van der Waals surface area contributed by atoms with Crippen LogP contribution in [0.1, 0.15) is 38.9 Å². The molecule has 0 aliphatic heterocycles. The molecule has 3 heteroatoms. The van der Waals surface area contributed by atoms with Crippen molar-refractivity contribution >= 4 is 5.69 Å². The van der Waals surface area contributed by atoms with Crippen molar-refractivity contribution in [1.82, 2.24) is 0 Å². The van der Waals surface area contributed by atoms with Crippen LogP contribution in [0.15, 0.2) is 24.3 Å². The Labute approximate surface area is 104 Å². The quantitative estimate of drug-likeness (QED) is 0.826. The lowest BCUT2D eigenvalue weighted by Crippen LogP contribution is -2.36. The summed E-state index contributed by atoms with van der Waals surface area (Å²) in [5.74, 6) is 0. The predicted molar refractivity (Wildman–Crippen MR) is 71.3 cm³/mol. The summed E-state index contributed by atoms with van der Waals surface area (Å²) < 4.78 is 0. The van der Waals surface area contributed by atoms with E-state index in [0.29, 0.717) is 13.0 Å². The number of para-hydroxylation sites is 1. The number of rotatable bonds is 5. The van der Waals surface area contributed by atoms with Crippen molar-refractivity contribution in [3.8, 4) is 0 Å². The number of hydrogen-bond donors (Lipinski definition) is 2. The first kappa shape index (κ1) is 14.0. The van der Waals surface area contributed by atoms with Gasteiger partial charge in [0.1, 0.15) is 0 Å². The van der Waals surface area contributed by atoms with Gasteiger partial charge in [-0.25, -0.2) is 0 Å². The highest BCUT2D eigenvalue weighted by molar-refractivity contribution is 5.54. The van der Waals surface area contributed by atoms with E-state index in [1.165, 1.54) is 0 Å². The molecule has 17 heavy (non-hydrogen) atoms. The lowest BCUT2D eigenvalue weighted by molar-refractivity contribution is 0.0883. The van der Waals surface area contributed by atoms with Crippen LogP contribution in [0.4, 0.5) is 5.69 Å². The molecule has 0 bridgehead atoms. The summed E-state index contributed by atoms with van der Waals surface area (Å²) in [5.41, 5.74) is 1.14. The lowest BCUT2D eigenvalue weighted by Gasteiger charge is -2.29. The maximum atomic E-state index is 9.97. The fraction of sp³-hybridized carbons (Fsp3) is 0.571. The van der Waals surface area contributed by atoms with Crippen molar-refractivity contribution in [2.75, 3.05) is 18.5 Å². The third-order valence-corrected chi connectivity index (χ3v) is 2.72. The maximum absolute atomic E-state index is 9.97. The minimum atomic E-state index is -0.751. The third-order valence-electron chi connectivity index (χ3n) is 2.72. The van der Waals surface area contributed by atoms with Gasteiger partial charge in [-0.15, -0.1) is 0 Å². The molecule has 0 aromatic heterocycles. The molecular weight excluding hydrogens is 214 g/mol. The zero-order chi connectivity index (χ0) is 13.1.